The Hall–Kier alpha value is -2.91. The van der Waals surface area contributed by atoms with Gasteiger partial charge in [0.2, 0.25) is 32.6 Å². The van der Waals surface area contributed by atoms with Gasteiger partial charge in [-0.25, -0.2) is 21.1 Å². The zero-order valence-corrected chi connectivity index (χ0v) is 24.0. The molecule has 39 heavy (non-hydrogen) atoms. The van der Waals surface area contributed by atoms with Crippen LogP contribution in [0.2, 0.25) is 0 Å². The minimum Gasteiger partial charge on any atom is -0.492 e. The number of sulfonamides is 2. The number of methoxy groups -OCH3 is 1. The van der Waals surface area contributed by atoms with E-state index in [1.54, 1.807) is 6.07 Å². The average molecular weight is 581 g/mol. The first kappa shape index (κ1) is 27.6. The molecule has 12 nitrogen and oxygen atoms in total. The number of nitrogens with zero attached hydrogens (tertiary/aromatic N) is 4. The van der Waals surface area contributed by atoms with Crippen LogP contribution in [0.4, 0.5) is 0 Å². The molecule has 2 aromatic carbocycles. The van der Waals surface area contributed by atoms with E-state index in [1.807, 2.05) is 7.05 Å². The molecule has 0 atom stereocenters. The molecule has 0 N–H and O–H groups in total. The molecular formula is C25H32N4O8S2. The van der Waals surface area contributed by atoms with Crippen molar-refractivity contribution >= 4 is 26.0 Å². The monoisotopic (exact) mass is 580 g/mol. The quantitative estimate of drug-likeness (QED) is 0.488. The number of piperazine rings is 1. The van der Waals surface area contributed by atoms with Crippen LogP contribution in [-0.4, -0.2) is 109 Å². The Bertz CT molecular complexity index is 1520. The summed E-state index contributed by atoms with van der Waals surface area (Å²) in [5.74, 6) is 0.612. The van der Waals surface area contributed by atoms with Crippen LogP contribution in [-0.2, 0) is 33.0 Å². The normalized spacial score (nSPS) is 18.3. The van der Waals surface area contributed by atoms with E-state index in [0.29, 0.717) is 36.6 Å². The van der Waals surface area contributed by atoms with Crippen molar-refractivity contribution in [2.24, 2.45) is 0 Å². The Kier molecular flexibility index (Phi) is 7.26. The van der Waals surface area contributed by atoms with Gasteiger partial charge in [0.25, 0.3) is 5.91 Å². The maximum Gasteiger partial charge on any atom is 0.253 e. The zero-order valence-electron chi connectivity index (χ0n) is 22.3. The van der Waals surface area contributed by atoms with Gasteiger partial charge in [0.05, 0.1) is 12.0 Å². The highest BCUT2D eigenvalue weighted by molar-refractivity contribution is 7.89. The highest BCUT2D eigenvalue weighted by Crippen LogP contribution is 2.51. The van der Waals surface area contributed by atoms with E-state index < -0.39 is 20.0 Å². The first-order valence-corrected chi connectivity index (χ1v) is 15.4. The topological polar surface area (TPSA) is 126 Å². The first-order chi connectivity index (χ1) is 18.5. The molecule has 0 aromatic heterocycles. The van der Waals surface area contributed by atoms with E-state index in [1.165, 1.54) is 48.6 Å². The summed E-state index contributed by atoms with van der Waals surface area (Å²) >= 11 is 0. The SMILES string of the molecule is COc1c2c(c(S(=O)(=O)N3CCN(C(=O)c4cccc(S(=O)(=O)N(C)C)c4)CC3)c3c1OCO3)CCN(C)C2. The summed E-state index contributed by atoms with van der Waals surface area (Å²) in [5, 5.41) is 0. The van der Waals surface area contributed by atoms with Crippen LogP contribution in [0.5, 0.6) is 17.2 Å². The molecule has 212 valence electrons. The zero-order chi connectivity index (χ0) is 28.1. The Morgan fingerprint density at radius 1 is 0.974 bits per heavy atom. The van der Waals surface area contributed by atoms with Crippen molar-refractivity contribution < 1.29 is 35.8 Å². The number of benzene rings is 2. The van der Waals surface area contributed by atoms with Gasteiger partial charge in [0.1, 0.15) is 4.90 Å². The smallest absolute Gasteiger partial charge is 0.253 e. The number of hydrogen-bond donors (Lipinski definition) is 0. The van der Waals surface area contributed by atoms with Crippen LogP contribution in [0.25, 0.3) is 0 Å². The number of hydrogen-bond acceptors (Lipinski definition) is 9. The van der Waals surface area contributed by atoms with Gasteiger partial charge >= 0.3 is 0 Å². The molecule has 0 unspecified atom stereocenters. The molecular weight excluding hydrogens is 548 g/mol. The molecule has 1 saturated heterocycles. The number of ether oxygens (including phenoxy) is 3. The number of amides is 1. The van der Waals surface area contributed by atoms with Crippen molar-refractivity contribution in [1.82, 2.24) is 18.4 Å². The van der Waals surface area contributed by atoms with Crippen molar-refractivity contribution in [1.29, 1.82) is 0 Å². The molecule has 3 aliphatic rings. The molecule has 3 aliphatic heterocycles. The van der Waals surface area contributed by atoms with Gasteiger partial charge in [-0.05, 0) is 37.2 Å². The molecule has 0 bridgehead atoms. The van der Waals surface area contributed by atoms with Crippen LogP contribution in [0.15, 0.2) is 34.1 Å². The molecule has 1 amide bonds. The van der Waals surface area contributed by atoms with Crippen LogP contribution >= 0.6 is 0 Å². The maximum atomic E-state index is 14.0. The molecule has 14 heteroatoms. The van der Waals surface area contributed by atoms with E-state index in [-0.39, 0.29) is 60.0 Å². The lowest BCUT2D eigenvalue weighted by atomic mass is 9.97. The Morgan fingerprint density at radius 3 is 2.33 bits per heavy atom. The third-order valence-electron chi connectivity index (χ3n) is 7.30. The van der Waals surface area contributed by atoms with Crippen LogP contribution in [0.1, 0.15) is 21.5 Å². The van der Waals surface area contributed by atoms with Crippen LogP contribution in [0, 0.1) is 0 Å². The van der Waals surface area contributed by atoms with E-state index in [2.05, 4.69) is 4.90 Å². The maximum absolute atomic E-state index is 14.0. The number of carbonyl (C=O) groups excluding carboxylic acids is 1. The highest BCUT2D eigenvalue weighted by atomic mass is 32.2. The van der Waals surface area contributed by atoms with Gasteiger partial charge in [-0.1, -0.05) is 6.07 Å². The minimum atomic E-state index is -3.99. The lowest BCUT2D eigenvalue weighted by molar-refractivity contribution is 0.0697. The van der Waals surface area contributed by atoms with E-state index in [4.69, 9.17) is 14.2 Å². The van der Waals surface area contributed by atoms with Crippen molar-refractivity contribution in [2.45, 2.75) is 22.8 Å². The van der Waals surface area contributed by atoms with Crippen molar-refractivity contribution in [3.8, 4) is 17.2 Å². The number of rotatable bonds is 6. The second-order valence-corrected chi connectivity index (χ2v) is 13.9. The Morgan fingerprint density at radius 2 is 1.67 bits per heavy atom. The predicted molar refractivity (Wildman–Crippen MR) is 141 cm³/mol. The van der Waals surface area contributed by atoms with E-state index in [9.17, 15) is 21.6 Å². The molecule has 0 aliphatic carbocycles. The second-order valence-electron chi connectivity index (χ2n) is 9.88. The van der Waals surface area contributed by atoms with Crippen LogP contribution < -0.4 is 14.2 Å². The lowest BCUT2D eigenvalue weighted by Gasteiger charge is -2.35. The molecule has 0 radical (unpaired) electrons. The summed E-state index contributed by atoms with van der Waals surface area (Å²) in [6.45, 7) is 1.58. The fraction of sp³-hybridized carbons (Fsp3) is 0.480. The minimum absolute atomic E-state index is 0.0190. The summed E-state index contributed by atoms with van der Waals surface area (Å²) < 4.78 is 72.5. The summed E-state index contributed by atoms with van der Waals surface area (Å²) in [6, 6.07) is 5.87. The average Bonchev–Trinajstić information content (AvgIpc) is 3.40. The fourth-order valence-corrected chi connectivity index (χ4v) is 7.95. The second kappa shape index (κ2) is 10.2. The van der Waals surface area contributed by atoms with Gasteiger partial charge < -0.3 is 24.0 Å². The molecule has 3 heterocycles. The Balaban J connectivity index is 1.40. The predicted octanol–water partition coefficient (Wildman–Crippen LogP) is 0.809. The van der Waals surface area contributed by atoms with E-state index >= 15 is 0 Å². The molecule has 1 fully saturated rings. The Labute approximate surface area is 228 Å². The van der Waals surface area contributed by atoms with Crippen molar-refractivity contribution in [3.63, 3.8) is 0 Å². The molecule has 2 aromatic rings. The van der Waals surface area contributed by atoms with Crippen molar-refractivity contribution in [3.05, 3.63) is 41.0 Å². The molecule has 0 spiro atoms. The summed E-state index contributed by atoms with van der Waals surface area (Å²) in [6.07, 6.45) is 0.512. The summed E-state index contributed by atoms with van der Waals surface area (Å²) in [5.41, 5.74) is 1.67. The third kappa shape index (κ3) is 4.73. The molecule has 5 rings (SSSR count). The van der Waals surface area contributed by atoms with Gasteiger partial charge in [-0.2, -0.15) is 4.31 Å². The van der Waals surface area contributed by atoms with E-state index in [0.717, 1.165) is 9.87 Å². The van der Waals surface area contributed by atoms with Gasteiger partial charge in [0.15, 0.2) is 11.5 Å². The van der Waals surface area contributed by atoms with Gasteiger partial charge in [0, 0.05) is 64.5 Å². The van der Waals surface area contributed by atoms with Crippen molar-refractivity contribution in [2.75, 3.05) is 67.8 Å². The number of carbonyl (C=O) groups is 1. The number of fused-ring (bicyclic) bond motifs is 2. The summed E-state index contributed by atoms with van der Waals surface area (Å²) in [4.78, 5) is 17.0. The molecule has 0 saturated carbocycles. The van der Waals surface area contributed by atoms with Crippen LogP contribution in [0.3, 0.4) is 0 Å². The van der Waals surface area contributed by atoms with Gasteiger partial charge in [-0.3, -0.25) is 4.79 Å². The largest absolute Gasteiger partial charge is 0.492 e. The summed E-state index contributed by atoms with van der Waals surface area (Å²) in [7, 11) is -1.35. The standard InChI is InChI=1S/C25H32N4O8S2/c1-26(2)38(31,32)18-7-5-6-17(14-18)25(30)28-10-12-29(13-11-28)39(33,34)24-19-8-9-27(3)15-20(19)21(35-4)22-23(24)37-16-36-22/h5-7,14H,8-13,15-16H2,1-4H3. The first-order valence-electron chi connectivity index (χ1n) is 12.5. The van der Waals surface area contributed by atoms with Gasteiger partial charge in [-0.15, -0.1) is 0 Å². The fourth-order valence-electron chi connectivity index (χ4n) is 5.18. The third-order valence-corrected chi connectivity index (χ3v) is 11.1. The lowest BCUT2D eigenvalue weighted by Crippen LogP contribution is -2.50. The number of likely N-dealkylation sites (N-methyl/N-ethyl adjacent to an activating group) is 1. The highest BCUT2D eigenvalue weighted by Gasteiger charge is 2.41.